The van der Waals surface area contributed by atoms with Gasteiger partial charge in [-0.2, -0.15) is 14.0 Å². The van der Waals surface area contributed by atoms with Crippen LogP contribution in [-0.2, 0) is 6.11 Å². The Morgan fingerprint density at radius 3 is 2.00 bits per heavy atom. The number of halogens is 3. The van der Waals surface area contributed by atoms with Crippen molar-refractivity contribution in [2.45, 2.75) is 51.6 Å². The van der Waals surface area contributed by atoms with E-state index in [9.17, 15) is 13.2 Å². The highest BCUT2D eigenvalue weighted by Gasteiger charge is 2.34. The average Bonchev–Trinajstić information content (AvgIpc) is 2.84. The van der Waals surface area contributed by atoms with E-state index >= 15 is 0 Å². The molecule has 0 aliphatic heterocycles. The van der Waals surface area contributed by atoms with Crippen LogP contribution in [-0.4, -0.2) is 6.61 Å². The van der Waals surface area contributed by atoms with E-state index in [2.05, 4.69) is 6.92 Å². The largest absolute Gasteiger partial charge is 0.494 e. The molecule has 3 aromatic rings. The van der Waals surface area contributed by atoms with Gasteiger partial charge in [-0.15, -0.1) is 0 Å². The van der Waals surface area contributed by atoms with Crippen LogP contribution in [0.15, 0.2) is 66.7 Å². The van der Waals surface area contributed by atoms with E-state index in [1.54, 1.807) is 18.2 Å². The van der Waals surface area contributed by atoms with E-state index in [0.717, 1.165) is 41.5 Å². The number of alkyl halides is 2. The van der Waals surface area contributed by atoms with Crippen LogP contribution in [0.1, 0.15) is 56.6 Å². The molecule has 0 aliphatic rings. The molecule has 3 aromatic carbocycles. The third-order valence-corrected chi connectivity index (χ3v) is 5.48. The Kier molecular flexibility index (Phi) is 8.98. The van der Waals surface area contributed by atoms with Gasteiger partial charge in [0.1, 0.15) is 23.4 Å². The number of hydrogen-bond donors (Lipinski definition) is 0. The summed E-state index contributed by atoms with van der Waals surface area (Å²) in [6, 6.07) is 17.9. The fourth-order valence-electron chi connectivity index (χ4n) is 3.53. The van der Waals surface area contributed by atoms with E-state index < -0.39 is 11.9 Å². The van der Waals surface area contributed by atoms with Crippen molar-refractivity contribution in [3.05, 3.63) is 83.7 Å². The number of nitriles is 1. The fourth-order valence-corrected chi connectivity index (χ4v) is 3.53. The van der Waals surface area contributed by atoms with E-state index in [1.165, 1.54) is 44.2 Å². The maximum Gasteiger partial charge on any atom is 0.426 e. The zero-order chi connectivity index (χ0) is 24.4. The van der Waals surface area contributed by atoms with Crippen molar-refractivity contribution in [1.82, 2.24) is 0 Å². The lowest BCUT2D eigenvalue weighted by molar-refractivity contribution is -0.185. The molecule has 0 saturated heterocycles. The van der Waals surface area contributed by atoms with Gasteiger partial charge < -0.3 is 9.47 Å². The summed E-state index contributed by atoms with van der Waals surface area (Å²) in [5, 5.41) is 8.75. The van der Waals surface area contributed by atoms with Gasteiger partial charge in [0.2, 0.25) is 0 Å². The standard InChI is InChI=1S/C28H28F3NO2/c1-2-3-4-5-6-7-18-33-25-15-10-22(11-16-25)21-8-13-24(14-9-21)28(30,31)34-26-17-12-23(20-32)27(29)19-26/h8-17,19H,2-7,18H2,1H3. The molecule has 0 saturated carbocycles. The Morgan fingerprint density at radius 2 is 1.38 bits per heavy atom. The highest BCUT2D eigenvalue weighted by atomic mass is 19.3. The molecule has 0 bridgehead atoms. The van der Waals surface area contributed by atoms with Crippen LogP contribution in [0.2, 0.25) is 0 Å². The van der Waals surface area contributed by atoms with Crippen molar-refractivity contribution < 1.29 is 22.6 Å². The third kappa shape index (κ3) is 7.02. The Hall–Kier alpha value is -3.46. The zero-order valence-corrected chi connectivity index (χ0v) is 19.2. The smallest absolute Gasteiger partial charge is 0.426 e. The second-order valence-corrected chi connectivity index (χ2v) is 8.09. The van der Waals surface area contributed by atoms with Crippen molar-refractivity contribution in [2.24, 2.45) is 0 Å². The van der Waals surface area contributed by atoms with Gasteiger partial charge in [-0.1, -0.05) is 63.3 Å². The van der Waals surface area contributed by atoms with Gasteiger partial charge in [0.25, 0.3) is 0 Å². The van der Waals surface area contributed by atoms with Crippen LogP contribution >= 0.6 is 0 Å². The predicted octanol–water partition coefficient (Wildman–Crippen LogP) is 8.23. The molecule has 34 heavy (non-hydrogen) atoms. The molecule has 178 valence electrons. The molecule has 6 heteroatoms. The number of hydrogen-bond acceptors (Lipinski definition) is 3. The molecule has 0 unspecified atom stereocenters. The first-order valence-corrected chi connectivity index (χ1v) is 11.5. The van der Waals surface area contributed by atoms with Crippen LogP contribution in [0.5, 0.6) is 11.5 Å². The first kappa shape index (κ1) is 25.2. The molecule has 0 fully saturated rings. The van der Waals surface area contributed by atoms with Gasteiger partial charge in [0, 0.05) is 6.07 Å². The Labute approximate surface area is 198 Å². The maximum atomic E-state index is 14.6. The fraction of sp³-hybridized carbons (Fsp3) is 0.321. The molecule has 0 heterocycles. The second-order valence-electron chi connectivity index (χ2n) is 8.09. The highest BCUT2D eigenvalue weighted by molar-refractivity contribution is 5.64. The normalized spacial score (nSPS) is 11.1. The Bertz CT molecular complexity index is 1090. The van der Waals surface area contributed by atoms with Crippen molar-refractivity contribution >= 4 is 0 Å². The molecule has 0 atom stereocenters. The minimum atomic E-state index is -3.66. The first-order chi connectivity index (χ1) is 16.4. The number of benzene rings is 3. The molecule has 0 aliphatic carbocycles. The quantitative estimate of drug-likeness (QED) is 0.252. The summed E-state index contributed by atoms with van der Waals surface area (Å²) in [5.41, 5.74) is 1.04. The summed E-state index contributed by atoms with van der Waals surface area (Å²) in [4.78, 5) is 0. The monoisotopic (exact) mass is 467 g/mol. The van der Waals surface area contributed by atoms with Gasteiger partial charge in [0.15, 0.2) is 0 Å². The molecular weight excluding hydrogens is 439 g/mol. The van der Waals surface area contributed by atoms with Gasteiger partial charge in [-0.25, -0.2) is 4.39 Å². The summed E-state index contributed by atoms with van der Waals surface area (Å²) in [6.07, 6.45) is 3.56. The molecule has 3 rings (SSSR count). The Morgan fingerprint density at radius 1 is 0.794 bits per heavy atom. The summed E-state index contributed by atoms with van der Waals surface area (Å²) in [7, 11) is 0. The molecule has 0 N–H and O–H groups in total. The van der Waals surface area contributed by atoms with Gasteiger partial charge in [-0.05, 0) is 53.9 Å². The topological polar surface area (TPSA) is 42.2 Å². The average molecular weight is 468 g/mol. The summed E-state index contributed by atoms with van der Waals surface area (Å²) < 4.78 is 53.3. The summed E-state index contributed by atoms with van der Waals surface area (Å²) >= 11 is 0. The third-order valence-electron chi connectivity index (χ3n) is 5.48. The second kappa shape index (κ2) is 12.1. The van der Waals surface area contributed by atoms with Crippen LogP contribution in [0.25, 0.3) is 11.1 Å². The van der Waals surface area contributed by atoms with E-state index in [1.807, 2.05) is 24.3 Å². The van der Waals surface area contributed by atoms with Crippen molar-refractivity contribution in [1.29, 1.82) is 5.26 Å². The van der Waals surface area contributed by atoms with E-state index in [0.29, 0.717) is 6.61 Å². The lowest BCUT2D eigenvalue weighted by Gasteiger charge is -2.18. The van der Waals surface area contributed by atoms with Crippen molar-refractivity contribution in [3.8, 4) is 28.7 Å². The lowest BCUT2D eigenvalue weighted by Crippen LogP contribution is -2.21. The number of unbranched alkanes of at least 4 members (excludes halogenated alkanes) is 5. The van der Waals surface area contributed by atoms with Crippen LogP contribution in [0.3, 0.4) is 0 Å². The van der Waals surface area contributed by atoms with E-state index in [-0.39, 0.29) is 16.9 Å². The SMILES string of the molecule is CCCCCCCCOc1ccc(-c2ccc(C(F)(F)Oc3ccc(C#N)c(F)c3)cc2)cc1. The maximum absolute atomic E-state index is 14.6. The van der Waals surface area contributed by atoms with Crippen LogP contribution in [0, 0.1) is 17.1 Å². The summed E-state index contributed by atoms with van der Waals surface area (Å²) in [6.45, 7) is 2.88. The zero-order valence-electron chi connectivity index (χ0n) is 19.2. The highest BCUT2D eigenvalue weighted by Crippen LogP contribution is 2.33. The molecular formula is C28H28F3NO2. The predicted molar refractivity (Wildman–Crippen MR) is 126 cm³/mol. The number of nitrogens with zero attached hydrogens (tertiary/aromatic N) is 1. The molecule has 0 amide bonds. The summed E-state index contributed by atoms with van der Waals surface area (Å²) in [5.74, 6) is -0.490. The molecule has 0 spiro atoms. The van der Waals surface area contributed by atoms with Crippen LogP contribution < -0.4 is 9.47 Å². The van der Waals surface area contributed by atoms with E-state index in [4.69, 9.17) is 14.7 Å². The molecule has 0 radical (unpaired) electrons. The lowest BCUT2D eigenvalue weighted by atomic mass is 10.0. The Balaban J connectivity index is 1.56. The van der Waals surface area contributed by atoms with Crippen LogP contribution in [0.4, 0.5) is 13.2 Å². The van der Waals surface area contributed by atoms with Gasteiger partial charge in [-0.3, -0.25) is 0 Å². The van der Waals surface area contributed by atoms with Crippen molar-refractivity contribution in [2.75, 3.05) is 6.61 Å². The van der Waals surface area contributed by atoms with Gasteiger partial charge in [0.05, 0.1) is 17.7 Å². The minimum Gasteiger partial charge on any atom is -0.494 e. The minimum absolute atomic E-state index is 0.237. The van der Waals surface area contributed by atoms with Crippen molar-refractivity contribution in [3.63, 3.8) is 0 Å². The van der Waals surface area contributed by atoms with Gasteiger partial charge >= 0.3 is 6.11 Å². The molecule has 0 aromatic heterocycles. The molecule has 3 nitrogen and oxygen atoms in total. The number of ether oxygens (including phenoxy) is 2. The number of rotatable bonds is 12. The first-order valence-electron chi connectivity index (χ1n) is 11.5.